The van der Waals surface area contributed by atoms with Crippen molar-refractivity contribution in [1.29, 1.82) is 0 Å². The first-order valence-corrected chi connectivity index (χ1v) is 6.71. The van der Waals surface area contributed by atoms with Gasteiger partial charge in [-0.25, -0.2) is 0 Å². The average Bonchev–Trinajstić information content (AvgIpc) is 2.74. The van der Waals surface area contributed by atoms with Crippen molar-refractivity contribution in [2.75, 3.05) is 19.6 Å². The summed E-state index contributed by atoms with van der Waals surface area (Å²) in [7, 11) is 0. The van der Waals surface area contributed by atoms with Crippen molar-refractivity contribution < 1.29 is 19.2 Å². The minimum atomic E-state index is -1.08. The molecular weight excluding hydrogens is 262 g/mol. The van der Waals surface area contributed by atoms with Gasteiger partial charge in [0, 0.05) is 19.5 Å². The van der Waals surface area contributed by atoms with Crippen molar-refractivity contribution in [2.24, 2.45) is 5.92 Å². The highest BCUT2D eigenvalue weighted by Crippen LogP contribution is 2.25. The molecule has 0 spiro atoms. The number of nitrogens with one attached hydrogen (secondary N) is 1. The van der Waals surface area contributed by atoms with E-state index in [-0.39, 0.29) is 24.8 Å². The van der Waals surface area contributed by atoms with E-state index in [1.54, 1.807) is 18.7 Å². The van der Waals surface area contributed by atoms with Crippen LogP contribution in [0.2, 0.25) is 0 Å². The molecule has 2 fully saturated rings. The lowest BCUT2D eigenvalue weighted by molar-refractivity contribution is -0.157. The number of hydrogen-bond acceptors (Lipinski definition) is 4. The van der Waals surface area contributed by atoms with Crippen LogP contribution in [0, 0.1) is 5.92 Å². The first-order valence-electron chi connectivity index (χ1n) is 6.71. The summed E-state index contributed by atoms with van der Waals surface area (Å²) < 4.78 is 0. The Balaban J connectivity index is 2.18. The number of hydrogen-bond donors (Lipinski definition) is 1. The highest BCUT2D eigenvalue weighted by atomic mass is 16.2. The summed E-state index contributed by atoms with van der Waals surface area (Å²) in [6.45, 7) is 5.82. The monoisotopic (exact) mass is 281 g/mol. The Hall–Kier alpha value is -1.92. The fourth-order valence-electron chi connectivity index (χ4n) is 2.60. The molecule has 0 aliphatic carbocycles. The molecule has 0 aromatic rings. The quantitative estimate of drug-likeness (QED) is 0.666. The number of amides is 4. The van der Waals surface area contributed by atoms with Crippen LogP contribution in [0.15, 0.2) is 0 Å². The molecule has 0 aromatic carbocycles. The molecule has 2 heterocycles. The molecule has 7 nitrogen and oxygen atoms in total. The van der Waals surface area contributed by atoms with E-state index in [2.05, 4.69) is 5.32 Å². The summed E-state index contributed by atoms with van der Waals surface area (Å²) in [4.78, 5) is 50.4. The topological polar surface area (TPSA) is 86.8 Å². The molecule has 0 saturated carbocycles. The lowest BCUT2D eigenvalue weighted by atomic mass is 9.95. The molecule has 0 aromatic heterocycles. The summed E-state index contributed by atoms with van der Waals surface area (Å²) >= 11 is 0. The van der Waals surface area contributed by atoms with Crippen LogP contribution in [0.3, 0.4) is 0 Å². The van der Waals surface area contributed by atoms with Gasteiger partial charge in [0.2, 0.25) is 17.7 Å². The van der Waals surface area contributed by atoms with Gasteiger partial charge in [0.05, 0.1) is 5.92 Å². The zero-order chi connectivity index (χ0) is 15.1. The number of nitrogens with zero attached hydrogens (tertiary/aromatic N) is 2. The van der Waals surface area contributed by atoms with Gasteiger partial charge in [-0.05, 0) is 20.8 Å². The van der Waals surface area contributed by atoms with Crippen LogP contribution in [0.5, 0.6) is 0 Å². The van der Waals surface area contributed by atoms with E-state index in [4.69, 9.17) is 0 Å². The summed E-state index contributed by atoms with van der Waals surface area (Å²) in [5, 5.41) is 2.22. The molecule has 1 atom stereocenters. The van der Waals surface area contributed by atoms with Crippen molar-refractivity contribution in [3.05, 3.63) is 0 Å². The zero-order valence-electron chi connectivity index (χ0n) is 11.9. The van der Waals surface area contributed by atoms with Crippen molar-refractivity contribution >= 4 is 23.6 Å². The van der Waals surface area contributed by atoms with Crippen LogP contribution in [0.1, 0.15) is 27.2 Å². The van der Waals surface area contributed by atoms with Crippen molar-refractivity contribution in [3.8, 4) is 0 Å². The number of carbonyl (C=O) groups is 4. The summed E-state index contributed by atoms with van der Waals surface area (Å²) in [5.41, 5.74) is -1.08. The minimum absolute atomic E-state index is 0.0588. The Kier molecular flexibility index (Phi) is 3.54. The molecule has 2 aliphatic rings. The van der Waals surface area contributed by atoms with Crippen molar-refractivity contribution in [3.63, 3.8) is 0 Å². The summed E-state index contributed by atoms with van der Waals surface area (Å²) in [6, 6.07) is 0. The molecule has 0 bridgehead atoms. The molecule has 2 rings (SSSR count). The first-order chi connectivity index (χ1) is 9.27. The van der Waals surface area contributed by atoms with Crippen LogP contribution in [-0.4, -0.2) is 58.6 Å². The number of likely N-dealkylation sites (tertiary alicyclic amines) is 1. The largest absolute Gasteiger partial charge is 0.342 e. The normalized spacial score (nSPS) is 25.9. The minimum Gasteiger partial charge on any atom is -0.342 e. The van der Waals surface area contributed by atoms with E-state index in [0.29, 0.717) is 13.1 Å². The maximum atomic E-state index is 12.5. The van der Waals surface area contributed by atoms with Crippen LogP contribution >= 0.6 is 0 Å². The van der Waals surface area contributed by atoms with Gasteiger partial charge >= 0.3 is 0 Å². The van der Waals surface area contributed by atoms with Gasteiger partial charge < -0.3 is 9.80 Å². The van der Waals surface area contributed by atoms with E-state index >= 15 is 0 Å². The fourth-order valence-corrected chi connectivity index (χ4v) is 2.60. The second kappa shape index (κ2) is 4.88. The van der Waals surface area contributed by atoms with Gasteiger partial charge in [-0.3, -0.25) is 24.5 Å². The van der Waals surface area contributed by atoms with Crippen molar-refractivity contribution in [1.82, 2.24) is 15.1 Å². The second-order valence-corrected chi connectivity index (χ2v) is 5.69. The van der Waals surface area contributed by atoms with Gasteiger partial charge in [0.1, 0.15) is 12.1 Å². The summed E-state index contributed by atoms with van der Waals surface area (Å²) in [5.74, 6) is -1.81. The highest BCUT2D eigenvalue weighted by molar-refractivity contribution is 6.06. The van der Waals surface area contributed by atoms with Gasteiger partial charge in [0.25, 0.3) is 5.91 Å². The van der Waals surface area contributed by atoms with Crippen LogP contribution < -0.4 is 5.32 Å². The zero-order valence-corrected chi connectivity index (χ0v) is 11.9. The van der Waals surface area contributed by atoms with Crippen LogP contribution in [0.25, 0.3) is 0 Å². The smallest absolute Gasteiger partial charge is 0.252 e. The lowest BCUT2D eigenvalue weighted by Gasteiger charge is -2.41. The van der Waals surface area contributed by atoms with Gasteiger partial charge in [-0.2, -0.15) is 0 Å². The Labute approximate surface area is 117 Å². The lowest BCUT2D eigenvalue weighted by Crippen LogP contribution is -2.66. The number of piperazine rings is 1. The Morgan fingerprint density at radius 3 is 2.55 bits per heavy atom. The third-order valence-electron chi connectivity index (χ3n) is 4.00. The molecule has 7 heteroatoms. The van der Waals surface area contributed by atoms with Gasteiger partial charge in [-0.1, -0.05) is 0 Å². The predicted octanol–water partition coefficient (Wildman–Crippen LogP) is -0.882. The molecule has 20 heavy (non-hydrogen) atoms. The number of imide groups is 1. The molecule has 2 aliphatic heterocycles. The van der Waals surface area contributed by atoms with Gasteiger partial charge in [-0.15, -0.1) is 0 Å². The predicted molar refractivity (Wildman–Crippen MR) is 69.3 cm³/mol. The fraction of sp³-hybridized carbons (Fsp3) is 0.692. The van der Waals surface area contributed by atoms with Crippen LogP contribution in [-0.2, 0) is 19.2 Å². The molecule has 2 saturated heterocycles. The number of rotatable bonds is 2. The molecule has 4 amide bonds. The highest BCUT2D eigenvalue weighted by Gasteiger charge is 2.47. The summed E-state index contributed by atoms with van der Waals surface area (Å²) in [6.07, 6.45) is 0.148. The molecule has 0 radical (unpaired) electrons. The SMILES string of the molecule is CCN1CC(C(=O)N2CC(=O)NC(=O)C2(C)C)CC1=O. The molecule has 1 unspecified atom stereocenters. The van der Waals surface area contributed by atoms with E-state index < -0.39 is 23.3 Å². The third-order valence-corrected chi connectivity index (χ3v) is 4.00. The maximum Gasteiger partial charge on any atom is 0.252 e. The van der Waals surface area contributed by atoms with E-state index in [0.717, 1.165) is 0 Å². The Bertz CT molecular complexity index is 486. The van der Waals surface area contributed by atoms with E-state index in [1.165, 1.54) is 4.90 Å². The standard InChI is InChI=1S/C13H19N3O4/c1-4-15-6-8(5-10(15)18)11(19)16-7-9(17)14-12(20)13(16,2)3/h8H,4-7H2,1-3H3,(H,14,17,20). The molecule has 1 N–H and O–H groups in total. The van der Waals surface area contributed by atoms with Crippen LogP contribution in [0.4, 0.5) is 0 Å². The van der Waals surface area contributed by atoms with E-state index in [1.807, 2.05) is 6.92 Å². The Morgan fingerprint density at radius 1 is 1.35 bits per heavy atom. The molecule has 110 valence electrons. The third kappa shape index (κ3) is 2.28. The maximum absolute atomic E-state index is 12.5. The van der Waals surface area contributed by atoms with E-state index in [9.17, 15) is 19.2 Å². The number of carbonyl (C=O) groups excluding carboxylic acids is 4. The van der Waals surface area contributed by atoms with Crippen molar-refractivity contribution in [2.45, 2.75) is 32.7 Å². The van der Waals surface area contributed by atoms with Gasteiger partial charge in [0.15, 0.2) is 0 Å². The Morgan fingerprint density at radius 2 is 2.00 bits per heavy atom. The molecular formula is C13H19N3O4. The second-order valence-electron chi connectivity index (χ2n) is 5.69. The first kappa shape index (κ1) is 14.5. The average molecular weight is 281 g/mol.